The molecule has 0 radical (unpaired) electrons. The molecule has 0 saturated carbocycles. The highest BCUT2D eigenvalue weighted by atomic mass is 14.5. The summed E-state index contributed by atoms with van der Waals surface area (Å²) in [5, 5.41) is 0. The molecule has 0 saturated heterocycles. The highest BCUT2D eigenvalue weighted by Gasteiger charge is 2.51. The zero-order chi connectivity index (χ0) is 36.2. The van der Waals surface area contributed by atoms with Gasteiger partial charge in [-0.1, -0.05) is 196 Å². The van der Waals surface area contributed by atoms with Crippen molar-refractivity contribution in [2.75, 3.05) is 0 Å². The van der Waals surface area contributed by atoms with Crippen LogP contribution < -0.4 is 0 Å². The highest BCUT2D eigenvalue weighted by Crippen LogP contribution is 2.63. The Bertz CT molecular complexity index is 2750. The maximum Gasteiger partial charge on any atom is 0.0725 e. The van der Waals surface area contributed by atoms with Crippen molar-refractivity contribution in [3.8, 4) is 44.5 Å². The largest absolute Gasteiger partial charge is 0.0725 e. The second-order valence-corrected chi connectivity index (χ2v) is 16.0. The Morgan fingerprint density at radius 2 is 0.796 bits per heavy atom. The van der Waals surface area contributed by atoms with Crippen LogP contribution in [-0.4, -0.2) is 0 Å². The number of aryl methyl sites for hydroxylation is 1. The average Bonchev–Trinajstić information content (AvgIpc) is 3.77. The predicted octanol–water partition coefficient (Wildman–Crippen LogP) is 13.5. The van der Waals surface area contributed by atoms with Crippen molar-refractivity contribution in [3.63, 3.8) is 0 Å². The van der Waals surface area contributed by atoms with E-state index in [-0.39, 0.29) is 16.7 Å². The number of rotatable bonds is 4. The van der Waals surface area contributed by atoms with Crippen LogP contribution in [-0.2, 0) is 10.8 Å². The number of hydrogen-bond acceptors (Lipinski definition) is 0. The van der Waals surface area contributed by atoms with Crippen molar-refractivity contribution in [2.24, 2.45) is 0 Å². The van der Waals surface area contributed by atoms with Crippen LogP contribution in [0.3, 0.4) is 0 Å². The van der Waals surface area contributed by atoms with E-state index < -0.39 is 0 Å². The fraction of sp³-hybridized carbons (Fsp3) is 0.111. The minimum Gasteiger partial charge on any atom is -0.0622 e. The van der Waals surface area contributed by atoms with E-state index in [1.54, 1.807) is 0 Å². The molecule has 1 atom stereocenters. The van der Waals surface area contributed by atoms with E-state index in [4.69, 9.17) is 0 Å². The molecule has 0 heterocycles. The molecule has 8 aromatic carbocycles. The lowest BCUT2D eigenvalue weighted by molar-refractivity contribution is 0.659. The summed E-state index contributed by atoms with van der Waals surface area (Å²) < 4.78 is 0. The molecule has 0 amide bonds. The van der Waals surface area contributed by atoms with Gasteiger partial charge in [0.1, 0.15) is 0 Å². The first-order chi connectivity index (χ1) is 26.5. The molecule has 256 valence electrons. The summed E-state index contributed by atoms with van der Waals surface area (Å²) in [4.78, 5) is 0. The van der Waals surface area contributed by atoms with Crippen LogP contribution in [0.25, 0.3) is 44.5 Å². The van der Waals surface area contributed by atoms with Gasteiger partial charge < -0.3 is 0 Å². The number of fused-ring (bicyclic) bond motifs is 13. The third kappa shape index (κ3) is 4.14. The summed E-state index contributed by atoms with van der Waals surface area (Å²) in [5.74, 6) is 0.0394. The van der Waals surface area contributed by atoms with Gasteiger partial charge in [0.25, 0.3) is 0 Å². The minimum atomic E-state index is -0.381. The average molecular weight is 689 g/mol. The van der Waals surface area contributed by atoms with Gasteiger partial charge in [-0.15, -0.1) is 0 Å². The molecule has 8 aromatic rings. The van der Waals surface area contributed by atoms with Gasteiger partial charge in [-0.2, -0.15) is 0 Å². The molecule has 1 unspecified atom stereocenters. The minimum absolute atomic E-state index is 0.0394. The molecule has 3 aliphatic rings. The molecule has 0 aromatic heterocycles. The molecule has 11 rings (SSSR count). The van der Waals surface area contributed by atoms with E-state index in [9.17, 15) is 0 Å². The Hall–Kier alpha value is -6.24. The van der Waals surface area contributed by atoms with Crippen LogP contribution in [0.2, 0.25) is 0 Å². The molecular weight excluding hydrogens is 649 g/mol. The van der Waals surface area contributed by atoms with Gasteiger partial charge in [0, 0.05) is 11.3 Å². The Kier molecular flexibility index (Phi) is 6.60. The number of hydrogen-bond donors (Lipinski definition) is 0. The Morgan fingerprint density at radius 1 is 0.352 bits per heavy atom. The maximum atomic E-state index is 2.58. The summed E-state index contributed by atoms with van der Waals surface area (Å²) in [7, 11) is 0. The first-order valence-electron chi connectivity index (χ1n) is 19.3. The van der Waals surface area contributed by atoms with E-state index in [1.165, 1.54) is 100 Å². The van der Waals surface area contributed by atoms with E-state index in [0.29, 0.717) is 0 Å². The Morgan fingerprint density at radius 3 is 1.35 bits per heavy atom. The van der Waals surface area contributed by atoms with Crippen LogP contribution in [0.4, 0.5) is 0 Å². The Balaban J connectivity index is 1.17. The fourth-order valence-electron chi connectivity index (χ4n) is 10.6. The van der Waals surface area contributed by atoms with Crippen molar-refractivity contribution >= 4 is 0 Å². The smallest absolute Gasteiger partial charge is 0.0622 e. The lowest BCUT2D eigenvalue weighted by Crippen LogP contribution is -2.26. The molecule has 0 N–H and O–H groups in total. The zero-order valence-electron chi connectivity index (χ0n) is 30.9. The highest BCUT2D eigenvalue weighted by molar-refractivity contribution is 5.95. The van der Waals surface area contributed by atoms with Crippen molar-refractivity contribution in [1.82, 2.24) is 0 Å². The summed E-state index contributed by atoms with van der Waals surface area (Å²) >= 11 is 0. The molecule has 0 fully saturated rings. The van der Waals surface area contributed by atoms with Gasteiger partial charge in [-0.25, -0.2) is 0 Å². The summed E-state index contributed by atoms with van der Waals surface area (Å²) in [6, 6.07) is 68.9. The van der Waals surface area contributed by atoms with Gasteiger partial charge in [0.05, 0.1) is 5.41 Å². The van der Waals surface area contributed by atoms with Crippen molar-refractivity contribution in [2.45, 2.75) is 37.5 Å². The van der Waals surface area contributed by atoms with Gasteiger partial charge >= 0.3 is 0 Å². The summed E-state index contributed by atoms with van der Waals surface area (Å²) in [5.41, 5.74) is 23.8. The topological polar surface area (TPSA) is 0 Å². The molecular formula is C54H40. The van der Waals surface area contributed by atoms with Crippen molar-refractivity contribution in [1.29, 1.82) is 0 Å². The van der Waals surface area contributed by atoms with Gasteiger partial charge in [0.15, 0.2) is 0 Å². The fourth-order valence-corrected chi connectivity index (χ4v) is 10.6. The lowest BCUT2D eigenvalue weighted by Gasteiger charge is -2.31. The predicted molar refractivity (Wildman–Crippen MR) is 224 cm³/mol. The normalized spacial score (nSPS) is 15.2. The van der Waals surface area contributed by atoms with Gasteiger partial charge in [-0.3, -0.25) is 0 Å². The second kappa shape index (κ2) is 11.4. The molecule has 0 heteroatoms. The maximum absolute atomic E-state index is 2.58. The quantitative estimate of drug-likeness (QED) is 0.161. The zero-order valence-corrected chi connectivity index (χ0v) is 30.9. The van der Waals surface area contributed by atoms with Crippen LogP contribution in [0, 0.1) is 6.92 Å². The Labute approximate surface area is 318 Å². The monoisotopic (exact) mass is 688 g/mol. The lowest BCUT2D eigenvalue weighted by atomic mass is 9.69. The SMILES string of the molecule is Cc1cc(-c2ccccc2)ccc1C(c1ccc2c(c1)C(C)(C)c1ccccc1-2)c1ccc2c(c1)C1(c3ccccc3-c3ccccc31)c1ccccc1-2. The van der Waals surface area contributed by atoms with E-state index in [1.807, 2.05) is 0 Å². The van der Waals surface area contributed by atoms with Crippen LogP contribution in [0.15, 0.2) is 182 Å². The van der Waals surface area contributed by atoms with Gasteiger partial charge in [-0.05, 0) is 107 Å². The van der Waals surface area contributed by atoms with Crippen molar-refractivity contribution in [3.05, 3.63) is 238 Å². The van der Waals surface area contributed by atoms with Gasteiger partial charge in [0.2, 0.25) is 0 Å². The van der Waals surface area contributed by atoms with Crippen molar-refractivity contribution < 1.29 is 0 Å². The van der Waals surface area contributed by atoms with Crippen LogP contribution in [0.1, 0.15) is 75.4 Å². The standard InChI is InChI=1S/C54H40/c1-34-31-36(35-15-5-4-6-16-35)25-28-39(34)52(37-26-29-44-40-17-7-11-21-46(40)53(2,3)50(44)32-37)38-27-30-45-43-20-10-14-24-49(43)54(51(45)33-38)47-22-12-8-18-41(47)42-19-9-13-23-48(42)54/h4-33,52H,1-3H3. The summed E-state index contributed by atoms with van der Waals surface area (Å²) in [6.45, 7) is 7.08. The molecule has 3 aliphatic carbocycles. The van der Waals surface area contributed by atoms with Crippen LogP contribution >= 0.6 is 0 Å². The van der Waals surface area contributed by atoms with Crippen LogP contribution in [0.5, 0.6) is 0 Å². The third-order valence-electron chi connectivity index (χ3n) is 13.0. The molecule has 54 heavy (non-hydrogen) atoms. The second-order valence-electron chi connectivity index (χ2n) is 16.0. The molecule has 0 nitrogen and oxygen atoms in total. The van der Waals surface area contributed by atoms with E-state index >= 15 is 0 Å². The first kappa shape index (κ1) is 31.3. The molecule has 0 bridgehead atoms. The van der Waals surface area contributed by atoms with E-state index in [2.05, 4.69) is 203 Å². The van der Waals surface area contributed by atoms with E-state index in [0.717, 1.165) is 0 Å². The first-order valence-corrected chi connectivity index (χ1v) is 19.3. The molecule has 1 spiro atoms. The third-order valence-corrected chi connectivity index (χ3v) is 13.0. The molecule has 0 aliphatic heterocycles. The number of benzene rings is 8. The summed E-state index contributed by atoms with van der Waals surface area (Å²) in [6.07, 6.45) is 0.